The number of anilines is 2. The summed E-state index contributed by atoms with van der Waals surface area (Å²) < 4.78 is 0. The smallest absolute Gasteiger partial charge is 0.140 e. The topological polar surface area (TPSA) is 76.2 Å². The van der Waals surface area contributed by atoms with Gasteiger partial charge in [0.2, 0.25) is 0 Å². The molecule has 5 heteroatoms. The molecule has 0 saturated carbocycles. The molecular weight excluding hydrogens is 274 g/mol. The van der Waals surface area contributed by atoms with Gasteiger partial charge in [0.05, 0.1) is 11.6 Å². The van der Waals surface area contributed by atoms with Gasteiger partial charge in [-0.05, 0) is 37.3 Å². The highest BCUT2D eigenvalue weighted by Crippen LogP contribution is 2.32. The predicted molar refractivity (Wildman–Crippen MR) is 90.3 cm³/mol. The average molecular weight is 295 g/mol. The number of nitrogens with one attached hydrogen (secondary N) is 1. The molecule has 22 heavy (non-hydrogen) atoms. The summed E-state index contributed by atoms with van der Waals surface area (Å²) in [4.78, 5) is 12.7. The average Bonchev–Trinajstić information content (AvgIpc) is 2.55. The van der Waals surface area contributed by atoms with Gasteiger partial charge < -0.3 is 11.1 Å². The van der Waals surface area contributed by atoms with Crippen LogP contribution in [0.15, 0.2) is 35.6 Å². The Balaban J connectivity index is 1.91. The predicted octanol–water partition coefficient (Wildman–Crippen LogP) is 2.99. The molecule has 5 nitrogen and oxygen atoms in total. The molecule has 1 atom stereocenters. The van der Waals surface area contributed by atoms with Crippen LogP contribution in [0, 0.1) is 0 Å². The van der Waals surface area contributed by atoms with E-state index in [9.17, 15) is 0 Å². The summed E-state index contributed by atoms with van der Waals surface area (Å²) in [6, 6.07) is 8.84. The lowest BCUT2D eigenvalue weighted by atomic mass is 9.87. The van der Waals surface area contributed by atoms with Crippen molar-refractivity contribution < 1.29 is 0 Å². The van der Waals surface area contributed by atoms with E-state index in [4.69, 9.17) is 5.73 Å². The zero-order chi connectivity index (χ0) is 15.4. The fourth-order valence-corrected chi connectivity index (χ4v) is 2.90. The Labute approximate surface area is 130 Å². The third kappa shape index (κ3) is 2.93. The molecule has 0 saturated heterocycles. The minimum atomic E-state index is 0.257. The monoisotopic (exact) mass is 295 g/mol. The summed E-state index contributed by atoms with van der Waals surface area (Å²) in [5.74, 6) is 1.21. The van der Waals surface area contributed by atoms with Crippen molar-refractivity contribution in [2.24, 2.45) is 4.99 Å². The van der Waals surface area contributed by atoms with Crippen LogP contribution >= 0.6 is 0 Å². The maximum Gasteiger partial charge on any atom is 0.140 e. The highest BCUT2D eigenvalue weighted by atomic mass is 15.1. The summed E-state index contributed by atoms with van der Waals surface area (Å²) in [5.41, 5.74) is 9.52. The second-order valence-corrected chi connectivity index (χ2v) is 5.44. The quantitative estimate of drug-likeness (QED) is 0.850. The molecule has 1 aromatic carbocycles. The second kappa shape index (κ2) is 6.56. The maximum atomic E-state index is 5.98. The Morgan fingerprint density at radius 2 is 2.23 bits per heavy atom. The van der Waals surface area contributed by atoms with Gasteiger partial charge in [-0.15, -0.1) is 0 Å². The van der Waals surface area contributed by atoms with E-state index < -0.39 is 0 Å². The molecule has 1 heterocycles. The van der Waals surface area contributed by atoms with E-state index in [1.54, 1.807) is 6.21 Å². The maximum absolute atomic E-state index is 5.98. The van der Waals surface area contributed by atoms with Crippen LogP contribution in [0.5, 0.6) is 0 Å². The van der Waals surface area contributed by atoms with Crippen molar-refractivity contribution in [2.75, 3.05) is 17.6 Å². The molecule has 114 valence electrons. The second-order valence-electron chi connectivity index (χ2n) is 5.44. The van der Waals surface area contributed by atoms with Crippen molar-refractivity contribution in [2.45, 2.75) is 32.2 Å². The summed E-state index contributed by atoms with van der Waals surface area (Å²) >= 11 is 0. The molecule has 1 aliphatic carbocycles. The first-order chi connectivity index (χ1) is 10.8. The highest BCUT2D eigenvalue weighted by molar-refractivity contribution is 5.91. The van der Waals surface area contributed by atoms with Crippen LogP contribution in [0.4, 0.5) is 11.6 Å². The van der Waals surface area contributed by atoms with Crippen molar-refractivity contribution in [1.29, 1.82) is 0 Å². The molecule has 0 radical (unpaired) electrons. The molecule has 0 bridgehead atoms. The molecule has 1 aliphatic rings. The molecule has 3 rings (SSSR count). The number of aliphatic imine (C=N–C) groups is 1. The summed E-state index contributed by atoms with van der Waals surface area (Å²) in [7, 11) is 0. The van der Waals surface area contributed by atoms with Gasteiger partial charge in [-0.25, -0.2) is 9.97 Å². The van der Waals surface area contributed by atoms with E-state index in [2.05, 4.69) is 44.5 Å². The van der Waals surface area contributed by atoms with Gasteiger partial charge in [-0.2, -0.15) is 0 Å². The van der Waals surface area contributed by atoms with E-state index in [1.165, 1.54) is 23.9 Å². The van der Waals surface area contributed by atoms with Crippen molar-refractivity contribution in [3.8, 4) is 0 Å². The summed E-state index contributed by atoms with van der Waals surface area (Å²) in [6.07, 6.45) is 6.66. The number of nitrogens with zero attached hydrogens (tertiary/aromatic N) is 3. The van der Waals surface area contributed by atoms with Gasteiger partial charge in [-0.3, -0.25) is 4.99 Å². The van der Waals surface area contributed by atoms with Crippen molar-refractivity contribution in [3.63, 3.8) is 0 Å². The van der Waals surface area contributed by atoms with Gasteiger partial charge >= 0.3 is 0 Å². The Kier molecular flexibility index (Phi) is 4.32. The zero-order valence-corrected chi connectivity index (χ0v) is 12.8. The lowest BCUT2D eigenvalue weighted by Gasteiger charge is -2.27. The van der Waals surface area contributed by atoms with E-state index in [-0.39, 0.29) is 6.04 Å². The Bertz CT molecular complexity index is 680. The molecular formula is C17H21N5. The van der Waals surface area contributed by atoms with Gasteiger partial charge in [0.25, 0.3) is 0 Å². The van der Waals surface area contributed by atoms with Crippen molar-refractivity contribution in [3.05, 3.63) is 47.3 Å². The van der Waals surface area contributed by atoms with Gasteiger partial charge in [0.15, 0.2) is 0 Å². The van der Waals surface area contributed by atoms with Crippen LogP contribution in [0.1, 0.15) is 42.5 Å². The first-order valence-corrected chi connectivity index (χ1v) is 7.74. The van der Waals surface area contributed by atoms with Crippen LogP contribution in [0.3, 0.4) is 0 Å². The number of rotatable bonds is 4. The fraction of sp³-hybridized carbons (Fsp3) is 0.353. The van der Waals surface area contributed by atoms with Crippen molar-refractivity contribution in [1.82, 2.24) is 9.97 Å². The third-order valence-corrected chi connectivity index (χ3v) is 4.00. The van der Waals surface area contributed by atoms with Gasteiger partial charge in [0.1, 0.15) is 18.0 Å². The number of hydrogen-bond acceptors (Lipinski definition) is 5. The number of fused-ring (bicyclic) bond motifs is 1. The standard InChI is InChI=1S/C17H21N5/c1-2-19-10-14-16(18)20-11-21-17(14)22-15-9-5-7-12-6-3-4-8-13(12)15/h3-4,6,8,10-11,15H,2,5,7,9H2,1H3,(H3,18,20,21,22). The number of nitrogens with two attached hydrogens (primary N) is 1. The Morgan fingerprint density at radius 1 is 1.36 bits per heavy atom. The van der Waals surface area contributed by atoms with Crippen LogP contribution < -0.4 is 11.1 Å². The van der Waals surface area contributed by atoms with E-state index >= 15 is 0 Å². The Hall–Kier alpha value is -2.43. The fourth-order valence-electron chi connectivity index (χ4n) is 2.90. The molecule has 2 aromatic rings. The van der Waals surface area contributed by atoms with E-state index in [1.807, 2.05) is 6.92 Å². The van der Waals surface area contributed by atoms with Crippen LogP contribution in [-0.2, 0) is 6.42 Å². The number of hydrogen-bond donors (Lipinski definition) is 2. The number of aryl methyl sites for hydroxylation is 1. The molecule has 1 aromatic heterocycles. The van der Waals surface area contributed by atoms with Crippen molar-refractivity contribution >= 4 is 17.9 Å². The summed E-state index contributed by atoms with van der Waals surface area (Å²) in [6.45, 7) is 2.70. The van der Waals surface area contributed by atoms with Crippen LogP contribution in [0.2, 0.25) is 0 Å². The normalized spacial score (nSPS) is 17.4. The highest BCUT2D eigenvalue weighted by Gasteiger charge is 2.21. The number of benzene rings is 1. The molecule has 0 aliphatic heterocycles. The first kappa shape index (κ1) is 14.5. The van der Waals surface area contributed by atoms with E-state index in [0.29, 0.717) is 12.4 Å². The van der Waals surface area contributed by atoms with E-state index in [0.717, 1.165) is 24.2 Å². The SMILES string of the molecule is CCN=Cc1c(N)ncnc1NC1CCCc2ccccc21. The third-order valence-electron chi connectivity index (χ3n) is 4.00. The summed E-state index contributed by atoms with van der Waals surface area (Å²) in [5, 5.41) is 3.53. The lowest BCUT2D eigenvalue weighted by Crippen LogP contribution is -2.19. The van der Waals surface area contributed by atoms with Gasteiger partial charge in [0, 0.05) is 12.8 Å². The van der Waals surface area contributed by atoms with Crippen LogP contribution in [-0.4, -0.2) is 22.7 Å². The Morgan fingerprint density at radius 3 is 3.09 bits per heavy atom. The minimum absolute atomic E-state index is 0.257. The molecule has 0 fully saturated rings. The molecule has 0 amide bonds. The van der Waals surface area contributed by atoms with Crippen LogP contribution in [0.25, 0.3) is 0 Å². The lowest BCUT2D eigenvalue weighted by molar-refractivity contribution is 0.598. The largest absolute Gasteiger partial charge is 0.383 e. The first-order valence-electron chi connectivity index (χ1n) is 7.74. The zero-order valence-electron chi connectivity index (χ0n) is 12.8. The molecule has 3 N–H and O–H groups in total. The van der Waals surface area contributed by atoms with Gasteiger partial charge in [-0.1, -0.05) is 24.3 Å². The number of aromatic nitrogens is 2. The minimum Gasteiger partial charge on any atom is -0.383 e. The molecule has 0 spiro atoms. The molecule has 1 unspecified atom stereocenters. The number of nitrogen functional groups attached to an aromatic ring is 1.